The Balaban J connectivity index is 3.19. The molecule has 0 radical (unpaired) electrons. The summed E-state index contributed by atoms with van der Waals surface area (Å²) < 4.78 is 0. The highest BCUT2D eigenvalue weighted by Gasteiger charge is 2.02. The van der Waals surface area contributed by atoms with Gasteiger partial charge in [-0.25, -0.2) is 0 Å². The minimum atomic E-state index is 0.334. The Labute approximate surface area is 69.6 Å². The summed E-state index contributed by atoms with van der Waals surface area (Å²) in [6, 6.07) is 3.60. The van der Waals surface area contributed by atoms with Crippen LogP contribution in [0.15, 0.2) is 6.07 Å². The Hall–Kier alpha value is -1.14. The number of hydrogen-bond acceptors (Lipinski definition) is 3. The molecule has 0 spiro atoms. The highest BCUT2D eigenvalue weighted by Crippen LogP contribution is 2.09. The third-order valence-electron chi connectivity index (χ3n) is 1.33. The molecule has 0 fully saturated rings. The molecule has 0 saturated carbocycles. The Kier molecular flexibility index (Phi) is 2.40. The first kappa shape index (κ1) is 7.96. The first-order valence-corrected chi connectivity index (χ1v) is 3.58. The summed E-state index contributed by atoms with van der Waals surface area (Å²) in [7, 11) is 0. The van der Waals surface area contributed by atoms with E-state index in [0.29, 0.717) is 10.8 Å². The van der Waals surface area contributed by atoms with E-state index < -0.39 is 0 Å². The van der Waals surface area contributed by atoms with E-state index in [1.807, 2.05) is 13.0 Å². The maximum Gasteiger partial charge on any atom is 0.166 e. The van der Waals surface area contributed by atoms with Gasteiger partial charge in [-0.1, -0.05) is 18.5 Å². The van der Waals surface area contributed by atoms with E-state index in [1.165, 1.54) is 0 Å². The van der Waals surface area contributed by atoms with Gasteiger partial charge in [-0.05, 0) is 18.1 Å². The molecular formula is C7H6ClN3. The molecule has 1 rings (SSSR count). The number of halogens is 1. The zero-order chi connectivity index (χ0) is 8.27. The van der Waals surface area contributed by atoms with Crippen molar-refractivity contribution in [2.24, 2.45) is 0 Å². The zero-order valence-electron chi connectivity index (χ0n) is 6.00. The number of aromatic nitrogens is 2. The normalized spacial score (nSPS) is 9.18. The lowest BCUT2D eigenvalue weighted by molar-refractivity contribution is 0.961. The van der Waals surface area contributed by atoms with Crippen LogP contribution in [0.5, 0.6) is 0 Å². The lowest BCUT2D eigenvalue weighted by Crippen LogP contribution is -1.94. The van der Waals surface area contributed by atoms with Gasteiger partial charge in [0.1, 0.15) is 6.07 Å². The average molecular weight is 168 g/mol. The highest BCUT2D eigenvalue weighted by atomic mass is 35.5. The number of rotatable bonds is 1. The van der Waals surface area contributed by atoms with Crippen LogP contribution in [0.1, 0.15) is 18.2 Å². The summed E-state index contributed by atoms with van der Waals surface area (Å²) in [5.74, 6) is 0. The SMILES string of the molecule is CCc1cc(Cl)nnc1C#N. The van der Waals surface area contributed by atoms with E-state index in [9.17, 15) is 0 Å². The number of aryl methyl sites for hydroxylation is 1. The predicted molar refractivity (Wildman–Crippen MR) is 41.1 cm³/mol. The van der Waals surface area contributed by atoms with Gasteiger partial charge < -0.3 is 0 Å². The zero-order valence-corrected chi connectivity index (χ0v) is 6.76. The monoisotopic (exact) mass is 167 g/mol. The van der Waals surface area contributed by atoms with Crippen molar-refractivity contribution in [1.29, 1.82) is 5.26 Å². The van der Waals surface area contributed by atoms with Crippen LogP contribution in [0, 0.1) is 11.3 Å². The maximum atomic E-state index is 8.54. The lowest BCUT2D eigenvalue weighted by atomic mass is 10.2. The van der Waals surface area contributed by atoms with E-state index in [2.05, 4.69) is 10.2 Å². The molecule has 1 aromatic rings. The number of nitriles is 1. The van der Waals surface area contributed by atoms with Crippen LogP contribution in [0.4, 0.5) is 0 Å². The molecule has 0 N–H and O–H groups in total. The Morgan fingerprint density at radius 1 is 1.64 bits per heavy atom. The van der Waals surface area contributed by atoms with E-state index >= 15 is 0 Å². The summed E-state index contributed by atoms with van der Waals surface area (Å²) in [5, 5.41) is 16.1. The minimum Gasteiger partial charge on any atom is -0.191 e. The topological polar surface area (TPSA) is 49.6 Å². The molecule has 3 nitrogen and oxygen atoms in total. The van der Waals surface area contributed by atoms with Gasteiger partial charge in [0.25, 0.3) is 0 Å². The third kappa shape index (κ3) is 1.66. The van der Waals surface area contributed by atoms with Crippen molar-refractivity contribution in [1.82, 2.24) is 10.2 Å². The molecule has 1 aromatic heterocycles. The second kappa shape index (κ2) is 3.31. The van der Waals surface area contributed by atoms with Crippen molar-refractivity contribution < 1.29 is 0 Å². The first-order valence-electron chi connectivity index (χ1n) is 3.20. The summed E-state index contributed by atoms with van der Waals surface area (Å²) in [4.78, 5) is 0. The van der Waals surface area contributed by atoms with E-state index in [1.54, 1.807) is 6.07 Å². The van der Waals surface area contributed by atoms with Crippen LogP contribution in [0.2, 0.25) is 5.15 Å². The molecule has 0 aliphatic heterocycles. The third-order valence-corrected chi connectivity index (χ3v) is 1.51. The summed E-state index contributed by atoms with van der Waals surface area (Å²) >= 11 is 5.57. The van der Waals surface area contributed by atoms with Gasteiger partial charge in [0.2, 0.25) is 0 Å². The van der Waals surface area contributed by atoms with Crippen LogP contribution in [-0.2, 0) is 6.42 Å². The largest absolute Gasteiger partial charge is 0.191 e. The molecule has 0 aliphatic carbocycles. The molecule has 0 bridgehead atoms. The van der Waals surface area contributed by atoms with Crippen molar-refractivity contribution in [2.45, 2.75) is 13.3 Å². The standard InChI is InChI=1S/C7H6ClN3/c1-2-5-3-7(8)11-10-6(5)4-9/h3H,2H2,1H3. The second-order valence-electron chi connectivity index (χ2n) is 2.01. The Bertz CT molecular complexity index is 303. The van der Waals surface area contributed by atoms with Gasteiger partial charge >= 0.3 is 0 Å². The molecule has 11 heavy (non-hydrogen) atoms. The van der Waals surface area contributed by atoms with Crippen LogP contribution in [-0.4, -0.2) is 10.2 Å². The van der Waals surface area contributed by atoms with Crippen LogP contribution >= 0.6 is 11.6 Å². The second-order valence-corrected chi connectivity index (χ2v) is 2.39. The molecule has 0 saturated heterocycles. The van der Waals surface area contributed by atoms with Crippen molar-refractivity contribution in [2.75, 3.05) is 0 Å². The number of nitrogens with zero attached hydrogens (tertiary/aromatic N) is 3. The van der Waals surface area contributed by atoms with Gasteiger partial charge in [-0.2, -0.15) is 5.26 Å². The Morgan fingerprint density at radius 3 is 2.91 bits per heavy atom. The van der Waals surface area contributed by atoms with Crippen molar-refractivity contribution in [3.05, 3.63) is 22.5 Å². The van der Waals surface area contributed by atoms with Crippen molar-refractivity contribution >= 4 is 11.6 Å². The Morgan fingerprint density at radius 2 is 2.36 bits per heavy atom. The van der Waals surface area contributed by atoms with Gasteiger partial charge in [-0.15, -0.1) is 10.2 Å². The summed E-state index contributed by atoms with van der Waals surface area (Å²) in [6.07, 6.45) is 0.748. The van der Waals surface area contributed by atoms with E-state index in [4.69, 9.17) is 16.9 Å². The predicted octanol–water partition coefficient (Wildman–Crippen LogP) is 1.56. The maximum absolute atomic E-state index is 8.54. The molecule has 0 atom stereocenters. The molecule has 0 unspecified atom stereocenters. The highest BCUT2D eigenvalue weighted by molar-refractivity contribution is 6.29. The van der Waals surface area contributed by atoms with Crippen LogP contribution in [0.25, 0.3) is 0 Å². The quantitative estimate of drug-likeness (QED) is 0.638. The molecule has 0 aliphatic rings. The smallest absolute Gasteiger partial charge is 0.166 e. The summed E-state index contributed by atoms with van der Waals surface area (Å²) in [6.45, 7) is 1.94. The minimum absolute atomic E-state index is 0.334. The van der Waals surface area contributed by atoms with Gasteiger partial charge in [0, 0.05) is 0 Å². The van der Waals surface area contributed by atoms with Crippen molar-refractivity contribution in [3.63, 3.8) is 0 Å². The molecule has 1 heterocycles. The van der Waals surface area contributed by atoms with E-state index in [0.717, 1.165) is 12.0 Å². The van der Waals surface area contributed by atoms with Gasteiger partial charge in [-0.3, -0.25) is 0 Å². The van der Waals surface area contributed by atoms with Gasteiger partial charge in [0.15, 0.2) is 10.8 Å². The van der Waals surface area contributed by atoms with Gasteiger partial charge in [0.05, 0.1) is 0 Å². The molecule has 4 heteroatoms. The lowest BCUT2D eigenvalue weighted by Gasteiger charge is -1.96. The molecule has 0 amide bonds. The molecule has 56 valence electrons. The van der Waals surface area contributed by atoms with Crippen molar-refractivity contribution in [3.8, 4) is 6.07 Å². The van der Waals surface area contributed by atoms with E-state index in [-0.39, 0.29) is 0 Å². The first-order chi connectivity index (χ1) is 5.27. The average Bonchev–Trinajstić information content (AvgIpc) is 2.04. The fourth-order valence-corrected chi connectivity index (χ4v) is 0.936. The number of hydrogen-bond donors (Lipinski definition) is 0. The fraction of sp³-hybridized carbons (Fsp3) is 0.286. The molecule has 0 aromatic carbocycles. The fourth-order valence-electron chi connectivity index (χ4n) is 0.767. The van der Waals surface area contributed by atoms with Crippen LogP contribution in [0.3, 0.4) is 0 Å². The molecular weight excluding hydrogens is 162 g/mol. The summed E-state index contributed by atoms with van der Waals surface area (Å²) in [5.41, 5.74) is 1.20. The van der Waals surface area contributed by atoms with Crippen LogP contribution < -0.4 is 0 Å².